The van der Waals surface area contributed by atoms with Crippen LogP contribution in [0.25, 0.3) is 0 Å². The molecule has 0 saturated carbocycles. The molecule has 0 N–H and O–H groups in total. The number of hydrogen-bond donors (Lipinski definition) is 0. The van der Waals surface area contributed by atoms with Crippen molar-refractivity contribution in [1.82, 2.24) is 0 Å². The first kappa shape index (κ1) is 18.1. The second-order valence-electron chi connectivity index (χ2n) is 7.91. The average Bonchev–Trinajstić information content (AvgIpc) is 2.77. The molecule has 0 unspecified atom stereocenters. The summed E-state index contributed by atoms with van der Waals surface area (Å²) < 4.78 is 5.73. The summed E-state index contributed by atoms with van der Waals surface area (Å²) in [7, 11) is 0. The SMILES string of the molecule is C[Te](C)(c1ccccc1)(c1ccccc1)(c1ccccc1)c1ccccc1. The van der Waals surface area contributed by atoms with Crippen molar-refractivity contribution in [3.8, 4) is 0 Å². The van der Waals surface area contributed by atoms with Crippen LogP contribution in [0.5, 0.6) is 0 Å². The Labute approximate surface area is 160 Å². The van der Waals surface area contributed by atoms with Crippen molar-refractivity contribution in [1.29, 1.82) is 0 Å². The molecule has 0 radical (unpaired) electrons. The summed E-state index contributed by atoms with van der Waals surface area (Å²) in [4.78, 5) is 5.13. The van der Waals surface area contributed by atoms with E-state index in [0.717, 1.165) is 0 Å². The molecular weight excluding hydrogens is 440 g/mol. The van der Waals surface area contributed by atoms with Crippen molar-refractivity contribution in [3.05, 3.63) is 121 Å². The van der Waals surface area contributed by atoms with Crippen LogP contribution in [0.3, 0.4) is 0 Å². The number of benzene rings is 4. The predicted molar refractivity (Wildman–Crippen MR) is 122 cm³/mol. The molecule has 0 nitrogen and oxygen atoms in total. The monoisotopic (exact) mass is 468 g/mol. The minimum atomic E-state index is -4.44. The van der Waals surface area contributed by atoms with Crippen LogP contribution in [0, 0.1) is 0 Å². The summed E-state index contributed by atoms with van der Waals surface area (Å²) in [5.74, 6) is 0. The Morgan fingerprint density at radius 2 is 0.519 bits per heavy atom. The molecule has 0 saturated heterocycles. The number of hydrogen-bond acceptors (Lipinski definition) is 0. The molecule has 1 heteroatoms. The molecule has 0 aliphatic carbocycles. The molecule has 0 aliphatic heterocycles. The zero-order valence-corrected chi connectivity index (χ0v) is 18.3. The van der Waals surface area contributed by atoms with E-state index >= 15 is 0 Å². The van der Waals surface area contributed by atoms with E-state index in [1.165, 1.54) is 14.4 Å². The van der Waals surface area contributed by atoms with Crippen LogP contribution in [-0.2, 0) is 0 Å². The molecular formula is C26H26Te. The van der Waals surface area contributed by atoms with E-state index in [1.54, 1.807) is 0 Å². The molecule has 0 spiro atoms. The van der Waals surface area contributed by atoms with Crippen molar-refractivity contribution in [2.75, 3.05) is 0 Å². The molecule has 0 fully saturated rings. The van der Waals surface area contributed by atoms with Gasteiger partial charge >= 0.3 is 161 Å². The van der Waals surface area contributed by atoms with Gasteiger partial charge in [-0.2, -0.15) is 0 Å². The molecule has 4 rings (SSSR count). The standard InChI is InChI=1S/C26H26Te/c1-27(2,23-15-7-3-8-16-23,24-17-9-4-10-18-24,25-19-11-5-12-20-25)26-21-13-6-14-22-26/h3-22H,1-2H3. The third-order valence-electron chi connectivity index (χ3n) is 6.27. The molecule has 0 bridgehead atoms. The van der Waals surface area contributed by atoms with Crippen LogP contribution in [0.4, 0.5) is 0 Å². The molecule has 0 atom stereocenters. The molecule has 0 aliphatic rings. The van der Waals surface area contributed by atoms with E-state index in [9.17, 15) is 0 Å². The van der Waals surface area contributed by atoms with Gasteiger partial charge in [-0.15, -0.1) is 0 Å². The molecule has 27 heavy (non-hydrogen) atoms. The maximum absolute atomic E-state index is 4.44. The average molecular weight is 466 g/mol. The van der Waals surface area contributed by atoms with Gasteiger partial charge in [-0.25, -0.2) is 0 Å². The van der Waals surface area contributed by atoms with Crippen LogP contribution in [0.1, 0.15) is 0 Å². The Bertz CT molecular complexity index is 871. The summed E-state index contributed by atoms with van der Waals surface area (Å²) in [5, 5.41) is 0. The molecule has 0 aromatic heterocycles. The fourth-order valence-corrected chi connectivity index (χ4v) is 21.7. The summed E-state index contributed by atoms with van der Waals surface area (Å²) in [6.07, 6.45) is 0. The van der Waals surface area contributed by atoms with Crippen LogP contribution >= 0.6 is 0 Å². The zero-order chi connectivity index (χ0) is 18.9. The maximum atomic E-state index is 2.57. The van der Waals surface area contributed by atoms with Gasteiger partial charge < -0.3 is 0 Å². The van der Waals surface area contributed by atoms with Crippen LogP contribution in [0.2, 0.25) is 9.94 Å². The third-order valence-corrected chi connectivity index (χ3v) is 28.2. The van der Waals surface area contributed by atoms with Crippen molar-refractivity contribution in [2.24, 2.45) is 0 Å². The first-order valence-electron chi connectivity index (χ1n) is 9.28. The second-order valence-corrected chi connectivity index (χ2v) is 28.4. The third kappa shape index (κ3) is 2.29. The first-order valence-corrected chi connectivity index (χ1v) is 18.6. The van der Waals surface area contributed by atoms with Crippen molar-refractivity contribution in [3.63, 3.8) is 0 Å². The molecule has 4 aromatic rings. The van der Waals surface area contributed by atoms with Gasteiger partial charge in [0.15, 0.2) is 0 Å². The molecule has 4 aromatic carbocycles. The van der Waals surface area contributed by atoms with Gasteiger partial charge in [0, 0.05) is 0 Å². The molecule has 0 amide bonds. The topological polar surface area (TPSA) is 0 Å². The van der Waals surface area contributed by atoms with E-state index in [4.69, 9.17) is 0 Å². The van der Waals surface area contributed by atoms with E-state index < -0.39 is 15.4 Å². The second kappa shape index (κ2) is 6.10. The van der Waals surface area contributed by atoms with Crippen LogP contribution in [-0.4, -0.2) is 15.4 Å². The van der Waals surface area contributed by atoms with Gasteiger partial charge in [0.25, 0.3) is 0 Å². The zero-order valence-electron chi connectivity index (χ0n) is 16.0. The quantitative estimate of drug-likeness (QED) is 0.396. The molecule has 136 valence electrons. The van der Waals surface area contributed by atoms with E-state index in [2.05, 4.69) is 131 Å². The van der Waals surface area contributed by atoms with E-state index in [-0.39, 0.29) is 0 Å². The Balaban J connectivity index is 2.33. The Morgan fingerprint density at radius 3 is 0.704 bits per heavy atom. The van der Waals surface area contributed by atoms with Gasteiger partial charge in [-0.05, 0) is 0 Å². The normalized spacial score (nSPS) is 14.1. The van der Waals surface area contributed by atoms with Crippen molar-refractivity contribution in [2.45, 2.75) is 9.94 Å². The minimum absolute atomic E-state index is 1.43. The Hall–Kier alpha value is -2.33. The van der Waals surface area contributed by atoms with E-state index in [0.29, 0.717) is 0 Å². The fraction of sp³-hybridized carbons (Fsp3) is 0.0769. The van der Waals surface area contributed by atoms with Gasteiger partial charge in [-0.1, -0.05) is 0 Å². The number of rotatable bonds is 4. The van der Waals surface area contributed by atoms with Gasteiger partial charge in [0.2, 0.25) is 0 Å². The van der Waals surface area contributed by atoms with E-state index in [1.807, 2.05) is 0 Å². The first-order chi connectivity index (χ1) is 13.0. The van der Waals surface area contributed by atoms with Crippen molar-refractivity contribution < 1.29 is 0 Å². The predicted octanol–water partition coefficient (Wildman–Crippen LogP) is 4.23. The summed E-state index contributed by atoms with van der Waals surface area (Å²) in [6.45, 7) is 0. The van der Waals surface area contributed by atoms with Gasteiger partial charge in [0.1, 0.15) is 0 Å². The van der Waals surface area contributed by atoms with Gasteiger partial charge in [-0.3, -0.25) is 0 Å². The summed E-state index contributed by atoms with van der Waals surface area (Å²) in [6, 6.07) is 44.6. The van der Waals surface area contributed by atoms with Crippen LogP contribution in [0.15, 0.2) is 121 Å². The fourth-order valence-electron chi connectivity index (χ4n) is 4.40. The Kier molecular flexibility index (Phi) is 4.08. The Morgan fingerprint density at radius 1 is 0.333 bits per heavy atom. The van der Waals surface area contributed by atoms with Crippen LogP contribution < -0.4 is 14.4 Å². The molecule has 0 heterocycles. The van der Waals surface area contributed by atoms with Crippen molar-refractivity contribution >= 4 is 29.9 Å². The van der Waals surface area contributed by atoms with Gasteiger partial charge in [0.05, 0.1) is 0 Å². The summed E-state index contributed by atoms with van der Waals surface area (Å²) in [5.41, 5.74) is 0. The summed E-state index contributed by atoms with van der Waals surface area (Å²) >= 11 is -4.44.